The van der Waals surface area contributed by atoms with Gasteiger partial charge in [0.15, 0.2) is 0 Å². The van der Waals surface area contributed by atoms with Crippen molar-refractivity contribution in [2.45, 2.75) is 38.5 Å². The first-order valence-corrected chi connectivity index (χ1v) is 6.68. The standard InChI is InChI=1S/C15H23F3N2/c1-6-19-13(14(2,3)20(4)5)11-7-9-12(10-8-11)15(16,17)18/h7-10,13,19H,6H2,1-5H3. The van der Waals surface area contributed by atoms with Crippen molar-refractivity contribution in [3.05, 3.63) is 35.4 Å². The summed E-state index contributed by atoms with van der Waals surface area (Å²) in [5, 5.41) is 3.36. The predicted octanol–water partition coefficient (Wildman–Crippen LogP) is 3.70. The molecule has 0 aliphatic carbocycles. The van der Waals surface area contributed by atoms with E-state index in [4.69, 9.17) is 0 Å². The second-order valence-electron chi connectivity index (χ2n) is 5.66. The normalized spacial score (nSPS) is 14.7. The summed E-state index contributed by atoms with van der Waals surface area (Å²) < 4.78 is 37.8. The average Bonchev–Trinajstić information content (AvgIpc) is 2.34. The van der Waals surface area contributed by atoms with E-state index in [9.17, 15) is 13.2 Å². The highest BCUT2D eigenvalue weighted by Crippen LogP contribution is 2.33. The van der Waals surface area contributed by atoms with Gasteiger partial charge in [-0.15, -0.1) is 0 Å². The molecule has 0 aliphatic rings. The maximum atomic E-state index is 12.6. The topological polar surface area (TPSA) is 15.3 Å². The lowest BCUT2D eigenvalue weighted by Crippen LogP contribution is -2.49. The molecule has 5 heteroatoms. The van der Waals surface area contributed by atoms with E-state index in [1.165, 1.54) is 0 Å². The van der Waals surface area contributed by atoms with Gasteiger partial charge in [-0.2, -0.15) is 13.2 Å². The van der Waals surface area contributed by atoms with Gasteiger partial charge < -0.3 is 10.2 Å². The molecular formula is C15H23F3N2. The van der Waals surface area contributed by atoms with Crippen molar-refractivity contribution in [1.82, 2.24) is 10.2 Å². The molecule has 0 aromatic heterocycles. The molecule has 0 bridgehead atoms. The van der Waals surface area contributed by atoms with Gasteiger partial charge in [0.05, 0.1) is 11.6 Å². The van der Waals surface area contributed by atoms with E-state index in [0.29, 0.717) is 0 Å². The first-order chi connectivity index (χ1) is 9.10. The van der Waals surface area contributed by atoms with E-state index in [1.807, 2.05) is 21.0 Å². The van der Waals surface area contributed by atoms with Crippen LogP contribution in [-0.2, 0) is 6.18 Å². The van der Waals surface area contributed by atoms with Crippen LogP contribution < -0.4 is 5.32 Å². The molecule has 0 heterocycles. The van der Waals surface area contributed by atoms with E-state index in [0.717, 1.165) is 24.2 Å². The van der Waals surface area contributed by atoms with E-state index in [1.54, 1.807) is 12.1 Å². The summed E-state index contributed by atoms with van der Waals surface area (Å²) in [4.78, 5) is 2.07. The smallest absolute Gasteiger partial charge is 0.309 e. The van der Waals surface area contributed by atoms with E-state index in [-0.39, 0.29) is 11.6 Å². The van der Waals surface area contributed by atoms with Gasteiger partial charge >= 0.3 is 6.18 Å². The molecule has 0 spiro atoms. The largest absolute Gasteiger partial charge is 0.416 e. The summed E-state index contributed by atoms with van der Waals surface area (Å²) in [6.45, 7) is 6.88. The SMILES string of the molecule is CCNC(c1ccc(C(F)(F)F)cc1)C(C)(C)N(C)C. The maximum Gasteiger partial charge on any atom is 0.416 e. The van der Waals surface area contributed by atoms with Crippen molar-refractivity contribution in [2.75, 3.05) is 20.6 Å². The number of alkyl halides is 3. The van der Waals surface area contributed by atoms with Crippen LogP contribution in [0.1, 0.15) is 37.9 Å². The van der Waals surface area contributed by atoms with Crippen LogP contribution in [0.5, 0.6) is 0 Å². The fourth-order valence-electron chi connectivity index (χ4n) is 2.10. The quantitative estimate of drug-likeness (QED) is 0.889. The Labute approximate surface area is 119 Å². The van der Waals surface area contributed by atoms with Gasteiger partial charge in [0.1, 0.15) is 0 Å². The summed E-state index contributed by atoms with van der Waals surface area (Å²) in [7, 11) is 3.93. The minimum absolute atomic E-state index is 0.0372. The van der Waals surface area contributed by atoms with Crippen LogP contribution in [0.4, 0.5) is 13.2 Å². The Morgan fingerprint density at radius 2 is 1.60 bits per heavy atom. The van der Waals surface area contributed by atoms with E-state index >= 15 is 0 Å². The highest BCUT2D eigenvalue weighted by atomic mass is 19.4. The van der Waals surface area contributed by atoms with Gasteiger partial charge in [-0.3, -0.25) is 0 Å². The fraction of sp³-hybridized carbons (Fsp3) is 0.600. The molecule has 1 aromatic rings. The predicted molar refractivity (Wildman–Crippen MR) is 75.6 cm³/mol. The number of hydrogen-bond donors (Lipinski definition) is 1. The summed E-state index contributed by atoms with van der Waals surface area (Å²) >= 11 is 0. The summed E-state index contributed by atoms with van der Waals surface area (Å²) in [5.41, 5.74) is 0.0353. The van der Waals surface area contributed by atoms with Crippen molar-refractivity contribution in [1.29, 1.82) is 0 Å². The number of likely N-dealkylation sites (N-methyl/N-ethyl adjacent to an activating group) is 2. The molecule has 2 nitrogen and oxygen atoms in total. The molecule has 0 saturated heterocycles. The lowest BCUT2D eigenvalue weighted by Gasteiger charge is -2.41. The Bertz CT molecular complexity index is 422. The number of nitrogens with one attached hydrogen (secondary N) is 1. The Kier molecular flexibility index (Phi) is 5.21. The van der Waals surface area contributed by atoms with Gasteiger partial charge in [0.2, 0.25) is 0 Å². The summed E-state index contributed by atoms with van der Waals surface area (Å²) in [5.74, 6) is 0. The zero-order chi connectivity index (χ0) is 15.6. The van der Waals surface area contributed by atoms with Crippen LogP contribution in [0.15, 0.2) is 24.3 Å². The lowest BCUT2D eigenvalue weighted by atomic mass is 9.87. The average molecular weight is 288 g/mol. The number of hydrogen-bond acceptors (Lipinski definition) is 2. The third-order valence-electron chi connectivity index (χ3n) is 3.84. The number of halogens is 3. The minimum atomic E-state index is -4.29. The molecule has 1 rings (SSSR count). The third kappa shape index (κ3) is 3.73. The van der Waals surface area contributed by atoms with Crippen LogP contribution >= 0.6 is 0 Å². The summed E-state index contributed by atoms with van der Waals surface area (Å²) in [6, 6.07) is 5.37. The molecule has 114 valence electrons. The second-order valence-corrected chi connectivity index (χ2v) is 5.66. The molecule has 0 amide bonds. The molecular weight excluding hydrogens is 265 g/mol. The number of benzene rings is 1. The molecule has 1 unspecified atom stereocenters. The second kappa shape index (κ2) is 6.14. The molecule has 0 radical (unpaired) electrons. The van der Waals surface area contributed by atoms with Crippen LogP contribution in [-0.4, -0.2) is 31.1 Å². The van der Waals surface area contributed by atoms with Crippen LogP contribution in [0.3, 0.4) is 0 Å². The zero-order valence-electron chi connectivity index (χ0n) is 12.7. The summed E-state index contributed by atoms with van der Waals surface area (Å²) in [6.07, 6.45) is -4.29. The van der Waals surface area contributed by atoms with Gasteiger partial charge in [-0.1, -0.05) is 19.1 Å². The first kappa shape index (κ1) is 17.0. The van der Waals surface area contributed by atoms with E-state index < -0.39 is 11.7 Å². The van der Waals surface area contributed by atoms with Gasteiger partial charge in [-0.05, 0) is 52.2 Å². The van der Waals surface area contributed by atoms with Gasteiger partial charge in [0, 0.05) is 5.54 Å². The minimum Gasteiger partial charge on any atom is -0.309 e. The monoisotopic (exact) mass is 288 g/mol. The molecule has 0 aliphatic heterocycles. The molecule has 20 heavy (non-hydrogen) atoms. The van der Waals surface area contributed by atoms with Gasteiger partial charge in [0.25, 0.3) is 0 Å². The molecule has 0 saturated carbocycles. The maximum absolute atomic E-state index is 12.6. The number of nitrogens with zero attached hydrogens (tertiary/aromatic N) is 1. The fourth-order valence-corrected chi connectivity index (χ4v) is 2.10. The Hall–Kier alpha value is -1.07. The van der Waals surface area contributed by atoms with Crippen LogP contribution in [0, 0.1) is 0 Å². The van der Waals surface area contributed by atoms with Crippen LogP contribution in [0.2, 0.25) is 0 Å². The number of rotatable bonds is 5. The zero-order valence-corrected chi connectivity index (χ0v) is 12.7. The van der Waals surface area contributed by atoms with Crippen LogP contribution in [0.25, 0.3) is 0 Å². The molecule has 1 aromatic carbocycles. The van der Waals surface area contributed by atoms with Crippen molar-refractivity contribution in [2.24, 2.45) is 0 Å². The van der Waals surface area contributed by atoms with Crippen molar-refractivity contribution in [3.63, 3.8) is 0 Å². The van der Waals surface area contributed by atoms with E-state index in [2.05, 4.69) is 24.1 Å². The molecule has 1 atom stereocenters. The Morgan fingerprint density at radius 3 is 1.95 bits per heavy atom. The Morgan fingerprint density at radius 1 is 1.10 bits per heavy atom. The van der Waals surface area contributed by atoms with Crippen molar-refractivity contribution in [3.8, 4) is 0 Å². The highest BCUT2D eigenvalue weighted by Gasteiger charge is 2.34. The third-order valence-corrected chi connectivity index (χ3v) is 3.84. The Balaban J connectivity index is 3.11. The van der Waals surface area contributed by atoms with Crippen molar-refractivity contribution < 1.29 is 13.2 Å². The van der Waals surface area contributed by atoms with Gasteiger partial charge in [-0.25, -0.2) is 0 Å². The lowest BCUT2D eigenvalue weighted by molar-refractivity contribution is -0.137. The first-order valence-electron chi connectivity index (χ1n) is 6.68. The van der Waals surface area contributed by atoms with Crippen molar-refractivity contribution >= 4 is 0 Å². The highest BCUT2D eigenvalue weighted by molar-refractivity contribution is 5.28. The molecule has 0 fully saturated rings. The molecule has 1 N–H and O–H groups in total.